The first-order valence-corrected chi connectivity index (χ1v) is 6.32. The highest BCUT2D eigenvalue weighted by Crippen LogP contribution is 2.44. The molecule has 2 bridgehead atoms. The van der Waals surface area contributed by atoms with Crippen LogP contribution in [0.2, 0.25) is 0 Å². The second-order valence-corrected chi connectivity index (χ2v) is 5.32. The Bertz CT molecular complexity index is 658. The molecule has 0 aromatic heterocycles. The Labute approximate surface area is 110 Å². The second-order valence-electron chi connectivity index (χ2n) is 5.32. The summed E-state index contributed by atoms with van der Waals surface area (Å²) in [5.41, 5.74) is 2.04. The summed E-state index contributed by atoms with van der Waals surface area (Å²) in [4.78, 5) is 25.1. The summed E-state index contributed by atoms with van der Waals surface area (Å²) in [5, 5.41) is 0. The summed E-state index contributed by atoms with van der Waals surface area (Å²) in [7, 11) is 0. The van der Waals surface area contributed by atoms with Crippen molar-refractivity contribution < 1.29 is 19.1 Å². The number of benzene rings is 1. The fraction of sp³-hybridized carbons (Fsp3) is 0.333. The smallest absolute Gasteiger partial charge is 0.192 e. The number of ketones is 2. The summed E-state index contributed by atoms with van der Waals surface area (Å²) in [6, 6.07) is 6.96. The first-order valence-electron chi connectivity index (χ1n) is 6.32. The van der Waals surface area contributed by atoms with E-state index in [2.05, 4.69) is 0 Å². The molecular weight excluding hydrogens is 244 g/mol. The Morgan fingerprint density at radius 1 is 1.16 bits per heavy atom. The lowest BCUT2D eigenvalue weighted by atomic mass is 9.79. The summed E-state index contributed by atoms with van der Waals surface area (Å²) >= 11 is 0. The van der Waals surface area contributed by atoms with Crippen molar-refractivity contribution in [1.29, 1.82) is 0 Å². The van der Waals surface area contributed by atoms with Crippen LogP contribution < -0.4 is 0 Å². The molecule has 1 saturated heterocycles. The molecular formula is C15H12O4. The maximum Gasteiger partial charge on any atom is 0.192 e. The van der Waals surface area contributed by atoms with Crippen LogP contribution in [0, 0.1) is 0 Å². The minimum absolute atomic E-state index is 0.0600. The van der Waals surface area contributed by atoms with Crippen molar-refractivity contribution in [2.75, 3.05) is 6.61 Å². The predicted molar refractivity (Wildman–Crippen MR) is 66.0 cm³/mol. The van der Waals surface area contributed by atoms with Crippen LogP contribution in [0.5, 0.6) is 0 Å². The molecule has 2 atom stereocenters. The summed E-state index contributed by atoms with van der Waals surface area (Å²) in [5.74, 6) is -0.913. The van der Waals surface area contributed by atoms with E-state index in [0.717, 1.165) is 0 Å². The van der Waals surface area contributed by atoms with Gasteiger partial charge in [-0.2, -0.15) is 0 Å². The molecule has 19 heavy (non-hydrogen) atoms. The Morgan fingerprint density at radius 2 is 1.84 bits per heavy atom. The van der Waals surface area contributed by atoms with Gasteiger partial charge in [-0.3, -0.25) is 9.59 Å². The molecule has 2 aliphatic heterocycles. The molecule has 4 nitrogen and oxygen atoms in total. The molecule has 1 aliphatic carbocycles. The van der Waals surface area contributed by atoms with Gasteiger partial charge in [-0.15, -0.1) is 0 Å². The molecule has 0 spiro atoms. The lowest BCUT2D eigenvalue weighted by Gasteiger charge is -2.33. The molecule has 0 saturated carbocycles. The van der Waals surface area contributed by atoms with Gasteiger partial charge in [0.2, 0.25) is 0 Å². The van der Waals surface area contributed by atoms with Crippen molar-refractivity contribution in [2.45, 2.75) is 25.2 Å². The van der Waals surface area contributed by atoms with Crippen LogP contribution in [-0.2, 0) is 9.47 Å². The van der Waals surface area contributed by atoms with E-state index in [1.54, 1.807) is 24.3 Å². The average molecular weight is 256 g/mol. The highest BCUT2D eigenvalue weighted by molar-refractivity contribution is 6.27. The van der Waals surface area contributed by atoms with Gasteiger partial charge in [-0.1, -0.05) is 24.3 Å². The van der Waals surface area contributed by atoms with Gasteiger partial charge >= 0.3 is 0 Å². The summed E-state index contributed by atoms with van der Waals surface area (Å²) < 4.78 is 11.3. The van der Waals surface area contributed by atoms with E-state index in [4.69, 9.17) is 9.47 Å². The van der Waals surface area contributed by atoms with Crippen molar-refractivity contribution in [3.05, 3.63) is 46.5 Å². The second kappa shape index (κ2) is 3.40. The molecule has 3 aliphatic rings. The monoisotopic (exact) mass is 256 g/mol. The topological polar surface area (TPSA) is 52.6 Å². The van der Waals surface area contributed by atoms with Crippen LogP contribution in [0.25, 0.3) is 0 Å². The first-order chi connectivity index (χ1) is 9.09. The average Bonchev–Trinajstić information content (AvgIpc) is 2.72. The number of fused-ring (bicyclic) bond motifs is 4. The largest absolute Gasteiger partial charge is 0.347 e. The molecule has 0 N–H and O–H groups in total. The third-order valence-corrected chi connectivity index (χ3v) is 4.01. The predicted octanol–water partition coefficient (Wildman–Crippen LogP) is 1.90. The number of hydrogen-bond acceptors (Lipinski definition) is 4. The van der Waals surface area contributed by atoms with Crippen LogP contribution in [0.1, 0.15) is 34.1 Å². The summed E-state index contributed by atoms with van der Waals surface area (Å²) in [6.45, 7) is 2.16. The van der Waals surface area contributed by atoms with E-state index in [9.17, 15) is 9.59 Å². The standard InChI is InChI=1S/C15H12O4/c1-15-6-10-12(11(19-15)7-18-15)14(17)9-5-3-2-4-8(9)13(10)16/h2-5,11H,6-7H2,1H3/t11-,15-/m0/s1. The Kier molecular flexibility index (Phi) is 1.99. The van der Waals surface area contributed by atoms with Gasteiger partial charge in [0.25, 0.3) is 0 Å². The minimum atomic E-state index is -0.758. The maximum atomic E-state index is 12.5. The van der Waals surface area contributed by atoms with E-state index >= 15 is 0 Å². The van der Waals surface area contributed by atoms with Crippen molar-refractivity contribution >= 4 is 11.6 Å². The fourth-order valence-electron chi connectivity index (χ4n) is 3.14. The molecule has 2 heterocycles. The van der Waals surface area contributed by atoms with E-state index in [1.807, 2.05) is 6.92 Å². The van der Waals surface area contributed by atoms with Gasteiger partial charge in [-0.05, 0) is 6.92 Å². The van der Waals surface area contributed by atoms with Gasteiger partial charge < -0.3 is 9.47 Å². The van der Waals surface area contributed by atoms with E-state index < -0.39 is 11.9 Å². The molecule has 0 amide bonds. The lowest BCUT2D eigenvalue weighted by molar-refractivity contribution is -0.152. The molecule has 4 heteroatoms. The fourth-order valence-corrected chi connectivity index (χ4v) is 3.14. The van der Waals surface area contributed by atoms with Gasteiger partial charge in [-0.25, -0.2) is 0 Å². The first kappa shape index (κ1) is 11.1. The number of carbonyl (C=O) groups is 2. The normalized spacial score (nSPS) is 32.4. The highest BCUT2D eigenvalue weighted by Gasteiger charge is 2.50. The molecule has 1 aromatic rings. The number of ether oxygens (including phenoxy) is 2. The minimum Gasteiger partial charge on any atom is -0.347 e. The van der Waals surface area contributed by atoms with Crippen molar-refractivity contribution in [2.24, 2.45) is 0 Å². The number of rotatable bonds is 0. The molecule has 96 valence electrons. The van der Waals surface area contributed by atoms with Gasteiger partial charge in [0.05, 0.1) is 6.61 Å². The third-order valence-electron chi connectivity index (χ3n) is 4.01. The number of hydrogen-bond donors (Lipinski definition) is 0. The van der Waals surface area contributed by atoms with Crippen LogP contribution in [0.3, 0.4) is 0 Å². The van der Waals surface area contributed by atoms with Crippen LogP contribution in [0.4, 0.5) is 0 Å². The van der Waals surface area contributed by atoms with Crippen molar-refractivity contribution in [1.82, 2.24) is 0 Å². The highest BCUT2D eigenvalue weighted by atomic mass is 16.7. The zero-order valence-corrected chi connectivity index (χ0v) is 10.4. The van der Waals surface area contributed by atoms with Crippen LogP contribution in [-0.4, -0.2) is 30.1 Å². The lowest BCUT2D eigenvalue weighted by Crippen LogP contribution is -2.39. The van der Waals surface area contributed by atoms with Crippen LogP contribution in [0.15, 0.2) is 35.4 Å². The van der Waals surface area contributed by atoms with Gasteiger partial charge in [0.1, 0.15) is 6.10 Å². The van der Waals surface area contributed by atoms with Gasteiger partial charge in [0.15, 0.2) is 17.4 Å². The van der Waals surface area contributed by atoms with Crippen molar-refractivity contribution in [3.63, 3.8) is 0 Å². The molecule has 0 radical (unpaired) electrons. The Balaban J connectivity index is 1.94. The Morgan fingerprint density at radius 3 is 2.58 bits per heavy atom. The zero-order valence-electron chi connectivity index (χ0n) is 10.4. The molecule has 1 aromatic carbocycles. The van der Waals surface area contributed by atoms with Gasteiger partial charge in [0, 0.05) is 28.7 Å². The maximum absolute atomic E-state index is 12.5. The molecule has 1 fully saturated rings. The summed E-state index contributed by atoms with van der Waals surface area (Å²) in [6.07, 6.45) is -0.0591. The zero-order chi connectivity index (χ0) is 13.2. The molecule has 4 rings (SSSR count). The SMILES string of the molecule is C[C@]12CC3=C(C(=O)c4ccccc4C3=O)[C@H](CO1)O2. The quantitative estimate of drug-likeness (QED) is 0.711. The third kappa shape index (κ3) is 1.35. The molecule has 0 unspecified atom stereocenters. The Hall–Kier alpha value is -1.78. The number of Topliss-reactive ketones (excluding diaryl/α,β-unsaturated/α-hetero) is 2. The van der Waals surface area contributed by atoms with E-state index in [1.165, 1.54) is 0 Å². The van der Waals surface area contributed by atoms with Crippen LogP contribution >= 0.6 is 0 Å². The van der Waals surface area contributed by atoms with Crippen molar-refractivity contribution in [3.8, 4) is 0 Å². The number of carbonyl (C=O) groups excluding carboxylic acids is 2. The van der Waals surface area contributed by atoms with E-state index in [-0.39, 0.29) is 11.6 Å². The van der Waals surface area contributed by atoms with E-state index in [0.29, 0.717) is 35.3 Å².